The molecule has 6 heteroatoms. The summed E-state index contributed by atoms with van der Waals surface area (Å²) < 4.78 is 12.8. The second-order valence-electron chi connectivity index (χ2n) is 8.12. The minimum atomic E-state index is -0.599. The van der Waals surface area contributed by atoms with Crippen molar-refractivity contribution in [3.05, 3.63) is 94.8 Å². The van der Waals surface area contributed by atoms with Crippen LogP contribution in [0.2, 0.25) is 0 Å². The number of aromatic nitrogens is 2. The predicted octanol–water partition coefficient (Wildman–Crippen LogP) is 4.50. The van der Waals surface area contributed by atoms with E-state index in [0.717, 1.165) is 28.2 Å². The minimum Gasteiger partial charge on any atom is -0.504 e. The Morgan fingerprint density at radius 2 is 1.38 bits per heavy atom. The number of methoxy groups -OCH3 is 2. The molecule has 5 rings (SSSR count). The zero-order chi connectivity index (χ0) is 22.5. The third kappa shape index (κ3) is 2.91. The van der Waals surface area contributed by atoms with Crippen LogP contribution in [0.5, 0.6) is 23.0 Å². The zero-order valence-corrected chi connectivity index (χ0v) is 18.2. The summed E-state index contributed by atoms with van der Waals surface area (Å²) in [5, 5.41) is 25.3. The van der Waals surface area contributed by atoms with Crippen molar-refractivity contribution < 1.29 is 19.7 Å². The van der Waals surface area contributed by atoms with E-state index in [0.29, 0.717) is 17.9 Å². The number of aryl methyl sites for hydroxylation is 1. The van der Waals surface area contributed by atoms with Crippen molar-refractivity contribution in [3.8, 4) is 28.7 Å². The van der Waals surface area contributed by atoms with Gasteiger partial charge in [-0.1, -0.05) is 29.8 Å². The summed E-state index contributed by atoms with van der Waals surface area (Å²) in [7, 11) is 3.07. The van der Waals surface area contributed by atoms with Crippen LogP contribution in [0.3, 0.4) is 0 Å². The Balaban J connectivity index is 1.71. The summed E-state index contributed by atoms with van der Waals surface area (Å²) in [6.07, 6.45) is 0.668. The van der Waals surface area contributed by atoms with Crippen molar-refractivity contribution >= 4 is 0 Å². The van der Waals surface area contributed by atoms with Crippen LogP contribution < -0.4 is 9.47 Å². The minimum absolute atomic E-state index is 0.0812. The summed E-state index contributed by atoms with van der Waals surface area (Å²) in [5.74, 6) is 0.961. The van der Waals surface area contributed by atoms with Crippen molar-refractivity contribution in [1.29, 1.82) is 0 Å². The van der Waals surface area contributed by atoms with Crippen LogP contribution in [0.15, 0.2) is 66.7 Å². The van der Waals surface area contributed by atoms with Crippen molar-refractivity contribution in [2.75, 3.05) is 14.2 Å². The molecule has 0 unspecified atom stereocenters. The van der Waals surface area contributed by atoms with Gasteiger partial charge in [0.25, 0.3) is 0 Å². The van der Waals surface area contributed by atoms with Crippen LogP contribution in [-0.2, 0) is 11.8 Å². The fourth-order valence-electron chi connectivity index (χ4n) is 4.58. The van der Waals surface area contributed by atoms with E-state index in [9.17, 15) is 10.2 Å². The van der Waals surface area contributed by atoms with Gasteiger partial charge in [0.1, 0.15) is 0 Å². The molecule has 6 nitrogen and oxygen atoms in total. The number of benzene rings is 3. The Morgan fingerprint density at radius 3 is 1.84 bits per heavy atom. The van der Waals surface area contributed by atoms with E-state index in [1.807, 2.05) is 28.9 Å². The Labute approximate surface area is 186 Å². The van der Waals surface area contributed by atoms with Crippen LogP contribution in [0.25, 0.3) is 5.69 Å². The van der Waals surface area contributed by atoms with Gasteiger partial charge in [-0.25, -0.2) is 4.68 Å². The molecule has 2 bridgehead atoms. The monoisotopic (exact) mass is 428 g/mol. The third-order valence-corrected chi connectivity index (χ3v) is 6.29. The molecule has 162 valence electrons. The average Bonchev–Trinajstić information content (AvgIpc) is 3.39. The maximum atomic E-state index is 10.2. The van der Waals surface area contributed by atoms with Crippen LogP contribution in [-0.4, -0.2) is 34.2 Å². The number of nitrogens with zero attached hydrogens (tertiary/aromatic N) is 2. The van der Waals surface area contributed by atoms with Crippen molar-refractivity contribution in [3.63, 3.8) is 0 Å². The number of fused-ring (bicyclic) bond motifs is 2. The lowest BCUT2D eigenvalue weighted by atomic mass is 9.71. The maximum absolute atomic E-state index is 10.2. The normalized spacial score (nSPS) is 13.8. The molecule has 4 aromatic rings. The molecule has 0 saturated heterocycles. The lowest BCUT2D eigenvalue weighted by molar-refractivity contribution is 0.370. The molecule has 0 atom stereocenters. The molecule has 0 amide bonds. The SMILES string of the molecule is COc1cc(C2(c3ccc(O)c(OC)c3)Cc3cc2nn3-c2ccc(C)cc2)ccc1O. The first-order valence-electron chi connectivity index (χ1n) is 10.4. The first-order chi connectivity index (χ1) is 15.5. The molecule has 0 aliphatic heterocycles. The van der Waals surface area contributed by atoms with E-state index in [-0.39, 0.29) is 11.5 Å². The number of ether oxygens (including phenoxy) is 2. The van der Waals surface area contributed by atoms with Gasteiger partial charge in [0.05, 0.1) is 31.0 Å². The van der Waals surface area contributed by atoms with Crippen LogP contribution in [0.4, 0.5) is 0 Å². The highest BCUT2D eigenvalue weighted by molar-refractivity contribution is 5.59. The predicted molar refractivity (Wildman–Crippen MR) is 121 cm³/mol. The van der Waals surface area contributed by atoms with Gasteiger partial charge in [0.2, 0.25) is 0 Å². The molecule has 32 heavy (non-hydrogen) atoms. The molecule has 1 aliphatic rings. The van der Waals surface area contributed by atoms with E-state index in [1.165, 1.54) is 19.8 Å². The lowest BCUT2D eigenvalue weighted by Gasteiger charge is -2.33. The highest BCUT2D eigenvalue weighted by Gasteiger charge is 2.46. The van der Waals surface area contributed by atoms with Crippen molar-refractivity contribution in [1.82, 2.24) is 9.78 Å². The molecule has 2 N–H and O–H groups in total. The molecule has 3 aromatic carbocycles. The van der Waals surface area contributed by atoms with Gasteiger partial charge < -0.3 is 19.7 Å². The fourth-order valence-corrected chi connectivity index (χ4v) is 4.58. The van der Waals surface area contributed by atoms with Crippen molar-refractivity contribution in [2.24, 2.45) is 0 Å². The molecular weight excluding hydrogens is 404 g/mol. The van der Waals surface area contributed by atoms with Gasteiger partial charge in [0.15, 0.2) is 23.0 Å². The fraction of sp³-hybridized carbons (Fsp3) is 0.192. The first-order valence-corrected chi connectivity index (χ1v) is 10.4. The Bertz CT molecular complexity index is 1250. The molecule has 0 fully saturated rings. The van der Waals surface area contributed by atoms with Crippen molar-refractivity contribution in [2.45, 2.75) is 18.8 Å². The zero-order valence-electron chi connectivity index (χ0n) is 18.2. The second-order valence-corrected chi connectivity index (χ2v) is 8.12. The van der Waals surface area contributed by atoms with Gasteiger partial charge in [-0.2, -0.15) is 5.10 Å². The molecule has 1 heterocycles. The quantitative estimate of drug-likeness (QED) is 0.490. The van der Waals surface area contributed by atoms with Crippen LogP contribution in [0.1, 0.15) is 28.1 Å². The highest BCUT2D eigenvalue weighted by Crippen LogP contribution is 2.49. The van der Waals surface area contributed by atoms with Gasteiger partial charge in [-0.3, -0.25) is 0 Å². The molecule has 0 spiro atoms. The van der Waals surface area contributed by atoms with Crippen LogP contribution >= 0.6 is 0 Å². The Kier molecular flexibility index (Phi) is 4.59. The number of hydrogen-bond acceptors (Lipinski definition) is 5. The van der Waals surface area contributed by atoms with Gasteiger partial charge in [0, 0.05) is 12.1 Å². The van der Waals surface area contributed by atoms with Crippen LogP contribution in [0, 0.1) is 6.92 Å². The largest absolute Gasteiger partial charge is 0.504 e. The molecule has 1 aromatic heterocycles. The summed E-state index contributed by atoms with van der Waals surface area (Å²) in [5.41, 5.74) is 5.44. The average molecular weight is 428 g/mol. The van der Waals surface area contributed by atoms with E-state index in [1.54, 1.807) is 12.1 Å². The van der Waals surface area contributed by atoms with E-state index < -0.39 is 5.41 Å². The molecule has 0 saturated carbocycles. The molecule has 0 radical (unpaired) electrons. The summed E-state index contributed by atoms with van der Waals surface area (Å²) in [4.78, 5) is 0. The highest BCUT2D eigenvalue weighted by atomic mass is 16.5. The smallest absolute Gasteiger partial charge is 0.160 e. The summed E-state index contributed by atoms with van der Waals surface area (Å²) in [6, 6.07) is 21.2. The number of phenols is 2. The van der Waals surface area contributed by atoms with E-state index in [4.69, 9.17) is 14.6 Å². The van der Waals surface area contributed by atoms with E-state index >= 15 is 0 Å². The third-order valence-electron chi connectivity index (χ3n) is 6.29. The first kappa shape index (κ1) is 20.0. The summed E-state index contributed by atoms with van der Waals surface area (Å²) in [6.45, 7) is 2.06. The number of aromatic hydroxyl groups is 2. The standard InChI is InChI=1S/C26H24N2O4/c1-16-4-8-19(9-5-16)28-20-14-25(27-28)26(15-20,17-6-10-21(29)23(12-17)31-2)18-7-11-22(30)24(13-18)32-3/h4-14,29-30H,15H2,1-3H3. The Morgan fingerprint density at radius 1 is 0.812 bits per heavy atom. The van der Waals surface area contributed by atoms with Gasteiger partial charge in [-0.15, -0.1) is 0 Å². The molecular formula is C26H24N2O4. The lowest BCUT2D eigenvalue weighted by Crippen LogP contribution is -2.33. The number of rotatable bonds is 5. The Hall–Kier alpha value is -3.93. The topological polar surface area (TPSA) is 76.7 Å². The number of phenolic OH excluding ortho intramolecular Hbond substituents is 2. The van der Waals surface area contributed by atoms with Gasteiger partial charge >= 0.3 is 0 Å². The number of hydrogen-bond donors (Lipinski definition) is 2. The summed E-state index contributed by atoms with van der Waals surface area (Å²) >= 11 is 0. The van der Waals surface area contributed by atoms with E-state index in [2.05, 4.69) is 37.3 Å². The maximum Gasteiger partial charge on any atom is 0.160 e. The second kappa shape index (κ2) is 7.34. The van der Waals surface area contributed by atoms with Gasteiger partial charge in [-0.05, 0) is 60.5 Å². The molecule has 1 aliphatic carbocycles.